The van der Waals surface area contributed by atoms with Crippen molar-refractivity contribution in [2.45, 2.75) is 18.2 Å². The minimum atomic E-state index is 0.0718. The van der Waals surface area contributed by atoms with E-state index >= 15 is 0 Å². The second kappa shape index (κ2) is 5.47. The maximum absolute atomic E-state index is 11.8. The molecule has 1 aliphatic rings. The van der Waals surface area contributed by atoms with E-state index in [2.05, 4.69) is 34.1 Å². The SMILES string of the molecule is Cc1c(Cl)cccc1C(Br)c1ccc2c(c1)CC(=O)N2C. The fraction of sp³-hybridized carbons (Fsp3) is 0.235. The molecule has 108 valence electrons. The van der Waals surface area contributed by atoms with E-state index in [1.165, 1.54) is 0 Å². The summed E-state index contributed by atoms with van der Waals surface area (Å²) in [5, 5.41) is 0.771. The normalized spacial score (nSPS) is 15.2. The van der Waals surface area contributed by atoms with Crippen LogP contribution in [0.4, 0.5) is 5.69 Å². The highest BCUT2D eigenvalue weighted by Crippen LogP contribution is 2.38. The maximum Gasteiger partial charge on any atom is 0.231 e. The summed E-state index contributed by atoms with van der Waals surface area (Å²) in [5.74, 6) is 0.146. The summed E-state index contributed by atoms with van der Waals surface area (Å²) in [6.07, 6.45) is 0.480. The number of anilines is 1. The summed E-state index contributed by atoms with van der Waals surface area (Å²) in [7, 11) is 1.82. The van der Waals surface area contributed by atoms with Crippen molar-refractivity contribution in [2.24, 2.45) is 0 Å². The first-order valence-electron chi connectivity index (χ1n) is 6.77. The predicted octanol–water partition coefficient (Wildman–Crippen LogP) is 4.65. The number of halogens is 2. The number of likely N-dealkylation sites (N-methyl/N-ethyl adjacent to an activating group) is 1. The topological polar surface area (TPSA) is 20.3 Å². The standard InChI is InChI=1S/C17H15BrClNO/c1-10-13(4-3-5-14(10)19)17(18)11-6-7-15-12(8-11)9-16(21)20(15)2/h3-8,17H,9H2,1-2H3. The summed E-state index contributed by atoms with van der Waals surface area (Å²) in [4.78, 5) is 13.6. The van der Waals surface area contributed by atoms with Crippen LogP contribution in [0.25, 0.3) is 0 Å². The molecule has 3 rings (SSSR count). The van der Waals surface area contributed by atoms with Gasteiger partial charge in [0.2, 0.25) is 5.91 Å². The monoisotopic (exact) mass is 363 g/mol. The van der Waals surface area contributed by atoms with Gasteiger partial charge in [0, 0.05) is 17.8 Å². The number of rotatable bonds is 2. The first-order valence-corrected chi connectivity index (χ1v) is 8.07. The van der Waals surface area contributed by atoms with Crippen LogP contribution in [0.1, 0.15) is 27.1 Å². The molecule has 0 aliphatic carbocycles. The number of hydrogen-bond donors (Lipinski definition) is 0. The van der Waals surface area contributed by atoms with Crippen molar-refractivity contribution < 1.29 is 4.79 Å². The molecule has 21 heavy (non-hydrogen) atoms. The van der Waals surface area contributed by atoms with E-state index in [0.717, 1.165) is 33.0 Å². The highest BCUT2D eigenvalue weighted by Gasteiger charge is 2.25. The van der Waals surface area contributed by atoms with E-state index in [-0.39, 0.29) is 10.7 Å². The molecule has 1 amide bonds. The van der Waals surface area contributed by atoms with Crippen molar-refractivity contribution in [2.75, 3.05) is 11.9 Å². The predicted molar refractivity (Wildman–Crippen MR) is 90.5 cm³/mol. The van der Waals surface area contributed by atoms with Gasteiger partial charge in [-0.1, -0.05) is 51.8 Å². The first-order chi connectivity index (χ1) is 9.99. The quantitative estimate of drug-likeness (QED) is 0.710. The molecule has 2 nitrogen and oxygen atoms in total. The summed E-state index contributed by atoms with van der Waals surface area (Å²) in [6, 6.07) is 12.1. The number of fused-ring (bicyclic) bond motifs is 1. The highest BCUT2D eigenvalue weighted by atomic mass is 79.9. The molecule has 0 radical (unpaired) electrons. The number of carbonyl (C=O) groups is 1. The number of alkyl halides is 1. The molecule has 0 spiro atoms. The van der Waals surface area contributed by atoms with Crippen LogP contribution in [0.5, 0.6) is 0 Å². The molecule has 2 aromatic carbocycles. The Morgan fingerprint density at radius 2 is 2.05 bits per heavy atom. The third-order valence-corrected chi connectivity index (χ3v) is 5.49. The van der Waals surface area contributed by atoms with Crippen molar-refractivity contribution in [3.8, 4) is 0 Å². The average molecular weight is 365 g/mol. The van der Waals surface area contributed by atoms with E-state index in [9.17, 15) is 4.79 Å². The van der Waals surface area contributed by atoms with Gasteiger partial charge in [-0.05, 0) is 41.3 Å². The van der Waals surface area contributed by atoms with Crippen molar-refractivity contribution in [1.29, 1.82) is 0 Å². The van der Waals surface area contributed by atoms with Crippen LogP contribution >= 0.6 is 27.5 Å². The number of carbonyl (C=O) groups excluding carboxylic acids is 1. The summed E-state index contributed by atoms with van der Waals surface area (Å²) in [6.45, 7) is 2.02. The fourth-order valence-corrected chi connectivity index (χ4v) is 3.69. The molecule has 0 saturated heterocycles. The van der Waals surface area contributed by atoms with Gasteiger partial charge >= 0.3 is 0 Å². The Morgan fingerprint density at radius 1 is 1.29 bits per heavy atom. The zero-order valence-corrected chi connectivity index (χ0v) is 14.2. The second-order valence-electron chi connectivity index (χ2n) is 5.33. The number of amides is 1. The number of nitrogens with zero attached hydrogens (tertiary/aromatic N) is 1. The second-order valence-corrected chi connectivity index (χ2v) is 6.66. The molecule has 0 fully saturated rings. The molecule has 1 unspecified atom stereocenters. The highest BCUT2D eigenvalue weighted by molar-refractivity contribution is 9.09. The van der Waals surface area contributed by atoms with Crippen molar-refractivity contribution in [1.82, 2.24) is 0 Å². The van der Waals surface area contributed by atoms with Crippen LogP contribution in [0, 0.1) is 6.92 Å². The molecule has 1 atom stereocenters. The summed E-state index contributed by atoms with van der Waals surface area (Å²) in [5.41, 5.74) is 5.47. The van der Waals surface area contributed by atoms with E-state index in [0.29, 0.717) is 6.42 Å². The van der Waals surface area contributed by atoms with Crippen LogP contribution in [-0.4, -0.2) is 13.0 Å². The zero-order valence-electron chi connectivity index (χ0n) is 11.9. The lowest BCUT2D eigenvalue weighted by molar-refractivity contribution is -0.117. The van der Waals surface area contributed by atoms with Crippen molar-refractivity contribution in [3.05, 3.63) is 63.7 Å². The minimum Gasteiger partial charge on any atom is -0.315 e. The third-order valence-electron chi connectivity index (χ3n) is 4.06. The van der Waals surface area contributed by atoms with Crippen LogP contribution in [0.3, 0.4) is 0 Å². The smallest absolute Gasteiger partial charge is 0.231 e. The van der Waals surface area contributed by atoms with E-state index in [1.54, 1.807) is 4.90 Å². The molecule has 0 bridgehead atoms. The largest absolute Gasteiger partial charge is 0.315 e. The Hall–Kier alpha value is -1.32. The van der Waals surface area contributed by atoms with Crippen molar-refractivity contribution >= 4 is 39.1 Å². The molecule has 0 saturated carbocycles. The van der Waals surface area contributed by atoms with Gasteiger partial charge in [0.15, 0.2) is 0 Å². The van der Waals surface area contributed by atoms with Crippen molar-refractivity contribution in [3.63, 3.8) is 0 Å². The maximum atomic E-state index is 11.8. The number of hydrogen-bond acceptors (Lipinski definition) is 1. The van der Waals surface area contributed by atoms with Crippen LogP contribution in [0.15, 0.2) is 36.4 Å². The first kappa shape index (κ1) is 14.6. The van der Waals surface area contributed by atoms with Gasteiger partial charge in [0.05, 0.1) is 11.2 Å². The zero-order chi connectivity index (χ0) is 15.1. The molecular formula is C17H15BrClNO. The van der Waals surface area contributed by atoms with Gasteiger partial charge in [-0.15, -0.1) is 0 Å². The summed E-state index contributed by atoms with van der Waals surface area (Å²) >= 11 is 9.97. The molecule has 1 heterocycles. The lowest BCUT2D eigenvalue weighted by atomic mass is 9.98. The molecule has 0 aromatic heterocycles. The van der Waals surface area contributed by atoms with Gasteiger partial charge in [0.1, 0.15) is 0 Å². The number of benzene rings is 2. The molecule has 1 aliphatic heterocycles. The molecule has 0 N–H and O–H groups in total. The van der Waals surface area contributed by atoms with Gasteiger partial charge in [-0.3, -0.25) is 4.79 Å². The van der Waals surface area contributed by atoms with E-state index in [4.69, 9.17) is 11.6 Å². The van der Waals surface area contributed by atoms with Gasteiger partial charge in [-0.2, -0.15) is 0 Å². The van der Waals surface area contributed by atoms with Gasteiger partial charge < -0.3 is 4.90 Å². The Balaban J connectivity index is 2.00. The summed E-state index contributed by atoms with van der Waals surface area (Å²) < 4.78 is 0. The Kier molecular flexibility index (Phi) is 3.80. The van der Waals surface area contributed by atoms with E-state index in [1.807, 2.05) is 32.2 Å². The molecule has 2 aromatic rings. The van der Waals surface area contributed by atoms with E-state index < -0.39 is 0 Å². The Bertz CT molecular complexity index is 729. The molecular weight excluding hydrogens is 350 g/mol. The average Bonchev–Trinajstić information content (AvgIpc) is 2.76. The lowest BCUT2D eigenvalue weighted by Gasteiger charge is -2.16. The molecule has 4 heteroatoms. The third kappa shape index (κ3) is 2.49. The van der Waals surface area contributed by atoms with Gasteiger partial charge in [0.25, 0.3) is 0 Å². The Labute approximate surface area is 137 Å². The minimum absolute atomic E-state index is 0.0718. The van der Waals surface area contributed by atoms with Crippen LogP contribution in [-0.2, 0) is 11.2 Å². The lowest BCUT2D eigenvalue weighted by Crippen LogP contribution is -2.20. The Morgan fingerprint density at radius 3 is 2.81 bits per heavy atom. The fourth-order valence-electron chi connectivity index (χ4n) is 2.73. The van der Waals surface area contributed by atoms with Gasteiger partial charge in [-0.25, -0.2) is 0 Å². The van der Waals surface area contributed by atoms with Crippen LogP contribution in [0.2, 0.25) is 5.02 Å². The van der Waals surface area contributed by atoms with Crippen LogP contribution < -0.4 is 4.90 Å².